The molecule has 0 saturated heterocycles. The van der Waals surface area contributed by atoms with Crippen LogP contribution in [-0.2, 0) is 0 Å². The van der Waals surface area contributed by atoms with Gasteiger partial charge in [-0.25, -0.2) is 0 Å². The van der Waals surface area contributed by atoms with Gasteiger partial charge in [-0.2, -0.15) is 0 Å². The van der Waals surface area contributed by atoms with Gasteiger partial charge in [-0.15, -0.1) is 0 Å². The van der Waals surface area contributed by atoms with E-state index in [1.807, 2.05) is 19.1 Å². The molecule has 0 amide bonds. The van der Waals surface area contributed by atoms with Crippen molar-refractivity contribution in [2.75, 3.05) is 5.32 Å². The third kappa shape index (κ3) is 2.83. The third-order valence-electron chi connectivity index (χ3n) is 1.43. The lowest BCUT2D eigenvalue weighted by atomic mass is 10.2. The number of nitrogens with two attached hydrogens (primary N) is 1. The van der Waals surface area contributed by atoms with Gasteiger partial charge in [0, 0.05) is 4.47 Å². The Morgan fingerprint density at radius 1 is 1.62 bits per heavy atom. The van der Waals surface area contributed by atoms with Crippen molar-refractivity contribution < 1.29 is 0 Å². The van der Waals surface area contributed by atoms with Gasteiger partial charge < -0.3 is 11.1 Å². The summed E-state index contributed by atoms with van der Waals surface area (Å²) >= 11 is 14.1. The van der Waals surface area contributed by atoms with Crippen molar-refractivity contribution in [1.82, 2.24) is 0 Å². The zero-order chi connectivity index (χ0) is 10.0. The molecule has 70 valence electrons. The molecule has 0 spiro atoms. The summed E-state index contributed by atoms with van der Waals surface area (Å²) in [4.78, 5) is 0. The van der Waals surface area contributed by atoms with E-state index < -0.39 is 0 Å². The average molecular weight is 280 g/mol. The lowest BCUT2D eigenvalue weighted by Crippen LogP contribution is -2.19. The predicted molar refractivity (Wildman–Crippen MR) is 64.3 cm³/mol. The number of hydrogen-bond donors (Lipinski definition) is 2. The summed E-state index contributed by atoms with van der Waals surface area (Å²) in [5, 5.41) is 3.60. The highest BCUT2D eigenvalue weighted by Crippen LogP contribution is 2.31. The van der Waals surface area contributed by atoms with Crippen molar-refractivity contribution in [2.45, 2.75) is 6.92 Å². The van der Waals surface area contributed by atoms with Gasteiger partial charge in [0.1, 0.15) is 0 Å². The fourth-order valence-electron chi connectivity index (χ4n) is 0.942. The Kier molecular flexibility index (Phi) is 3.53. The van der Waals surface area contributed by atoms with Crippen molar-refractivity contribution in [3.63, 3.8) is 0 Å². The summed E-state index contributed by atoms with van der Waals surface area (Å²) in [6.07, 6.45) is 0. The lowest BCUT2D eigenvalue weighted by Gasteiger charge is -2.09. The molecular formula is C8H8BrClN2S. The maximum atomic E-state index is 5.97. The van der Waals surface area contributed by atoms with Gasteiger partial charge in [-0.05, 0) is 52.8 Å². The van der Waals surface area contributed by atoms with Crippen LogP contribution in [0.15, 0.2) is 16.6 Å². The fourth-order valence-corrected chi connectivity index (χ4v) is 2.15. The van der Waals surface area contributed by atoms with Crippen LogP contribution in [0.3, 0.4) is 0 Å². The number of anilines is 1. The van der Waals surface area contributed by atoms with Crippen LogP contribution >= 0.6 is 39.7 Å². The van der Waals surface area contributed by atoms with Gasteiger partial charge in [-0.1, -0.05) is 11.6 Å². The van der Waals surface area contributed by atoms with Crippen LogP contribution < -0.4 is 11.1 Å². The first kappa shape index (κ1) is 10.8. The molecule has 1 aromatic carbocycles. The molecule has 0 aliphatic carbocycles. The summed E-state index contributed by atoms with van der Waals surface area (Å²) in [5.41, 5.74) is 7.12. The first-order valence-electron chi connectivity index (χ1n) is 3.53. The SMILES string of the molecule is Cc1cc(Cl)c(NC(N)=S)c(Br)c1. The molecule has 0 unspecified atom stereocenters. The molecular weight excluding hydrogens is 272 g/mol. The van der Waals surface area contributed by atoms with E-state index in [4.69, 9.17) is 29.6 Å². The number of thiocarbonyl (C=S) groups is 1. The number of rotatable bonds is 1. The van der Waals surface area contributed by atoms with Gasteiger partial charge in [-0.3, -0.25) is 0 Å². The molecule has 13 heavy (non-hydrogen) atoms. The minimum Gasteiger partial charge on any atom is -0.376 e. The summed E-state index contributed by atoms with van der Waals surface area (Å²) in [7, 11) is 0. The van der Waals surface area contributed by atoms with Crippen molar-refractivity contribution in [1.29, 1.82) is 0 Å². The summed E-state index contributed by atoms with van der Waals surface area (Å²) < 4.78 is 0.852. The minimum absolute atomic E-state index is 0.200. The maximum Gasteiger partial charge on any atom is 0.168 e. The molecule has 0 fully saturated rings. The molecule has 1 aromatic rings. The fraction of sp³-hybridized carbons (Fsp3) is 0.125. The highest BCUT2D eigenvalue weighted by Gasteiger charge is 2.06. The van der Waals surface area contributed by atoms with Crippen LogP contribution in [0.1, 0.15) is 5.56 Å². The molecule has 0 aliphatic heterocycles. The largest absolute Gasteiger partial charge is 0.376 e. The van der Waals surface area contributed by atoms with E-state index in [-0.39, 0.29) is 5.11 Å². The molecule has 0 saturated carbocycles. The molecule has 0 aromatic heterocycles. The molecule has 0 radical (unpaired) electrons. The Morgan fingerprint density at radius 2 is 2.23 bits per heavy atom. The minimum atomic E-state index is 0.200. The Balaban J connectivity index is 3.13. The number of benzene rings is 1. The summed E-state index contributed by atoms with van der Waals surface area (Å²) in [6, 6.07) is 3.78. The number of hydrogen-bond acceptors (Lipinski definition) is 1. The smallest absolute Gasteiger partial charge is 0.168 e. The van der Waals surface area contributed by atoms with Crippen LogP contribution in [0.2, 0.25) is 5.02 Å². The van der Waals surface area contributed by atoms with E-state index in [0.717, 1.165) is 10.0 Å². The quantitative estimate of drug-likeness (QED) is 0.776. The van der Waals surface area contributed by atoms with Crippen molar-refractivity contribution in [3.8, 4) is 0 Å². The van der Waals surface area contributed by atoms with E-state index in [0.29, 0.717) is 10.7 Å². The van der Waals surface area contributed by atoms with E-state index in [9.17, 15) is 0 Å². The second kappa shape index (κ2) is 4.26. The molecule has 0 aliphatic rings. The molecule has 2 nitrogen and oxygen atoms in total. The van der Waals surface area contributed by atoms with Gasteiger partial charge >= 0.3 is 0 Å². The zero-order valence-electron chi connectivity index (χ0n) is 6.90. The normalized spacial score (nSPS) is 9.77. The monoisotopic (exact) mass is 278 g/mol. The number of aryl methyl sites for hydroxylation is 1. The third-order valence-corrected chi connectivity index (χ3v) is 2.46. The Labute approximate surface area is 95.6 Å². The summed E-state index contributed by atoms with van der Waals surface area (Å²) in [6.45, 7) is 1.96. The summed E-state index contributed by atoms with van der Waals surface area (Å²) in [5.74, 6) is 0. The second-order valence-corrected chi connectivity index (χ2v) is 4.29. The molecule has 0 bridgehead atoms. The number of nitrogens with one attached hydrogen (secondary N) is 1. The first-order valence-corrected chi connectivity index (χ1v) is 5.10. The van der Waals surface area contributed by atoms with Crippen molar-refractivity contribution in [2.24, 2.45) is 5.73 Å². The lowest BCUT2D eigenvalue weighted by molar-refractivity contribution is 1.44. The van der Waals surface area contributed by atoms with Crippen LogP contribution in [0, 0.1) is 6.92 Å². The van der Waals surface area contributed by atoms with Crippen LogP contribution in [0.5, 0.6) is 0 Å². The molecule has 0 heterocycles. The van der Waals surface area contributed by atoms with Gasteiger partial charge in [0.05, 0.1) is 10.7 Å². The number of halogens is 2. The highest BCUT2D eigenvalue weighted by atomic mass is 79.9. The van der Waals surface area contributed by atoms with Crippen LogP contribution in [0.4, 0.5) is 5.69 Å². The molecule has 3 N–H and O–H groups in total. The van der Waals surface area contributed by atoms with Gasteiger partial charge in [0.2, 0.25) is 0 Å². The van der Waals surface area contributed by atoms with Gasteiger partial charge in [0.15, 0.2) is 5.11 Å². The predicted octanol–water partition coefficient (Wildman–Crippen LogP) is 3.07. The van der Waals surface area contributed by atoms with E-state index in [1.165, 1.54) is 0 Å². The Hall–Kier alpha value is -0.320. The van der Waals surface area contributed by atoms with E-state index in [2.05, 4.69) is 21.2 Å². The zero-order valence-corrected chi connectivity index (χ0v) is 10.1. The maximum absolute atomic E-state index is 5.97. The van der Waals surface area contributed by atoms with Crippen LogP contribution in [-0.4, -0.2) is 5.11 Å². The van der Waals surface area contributed by atoms with Crippen molar-refractivity contribution in [3.05, 3.63) is 27.2 Å². The molecule has 5 heteroatoms. The second-order valence-electron chi connectivity index (χ2n) is 2.59. The van der Waals surface area contributed by atoms with E-state index in [1.54, 1.807) is 0 Å². The molecule has 0 atom stereocenters. The van der Waals surface area contributed by atoms with Crippen molar-refractivity contribution >= 4 is 50.5 Å². The van der Waals surface area contributed by atoms with Crippen LogP contribution in [0.25, 0.3) is 0 Å². The van der Waals surface area contributed by atoms with E-state index >= 15 is 0 Å². The average Bonchev–Trinajstić information content (AvgIpc) is 1.96. The molecule has 1 rings (SSSR count). The topological polar surface area (TPSA) is 38.0 Å². The highest BCUT2D eigenvalue weighted by molar-refractivity contribution is 9.10. The van der Waals surface area contributed by atoms with Gasteiger partial charge in [0.25, 0.3) is 0 Å². The Morgan fingerprint density at radius 3 is 2.69 bits per heavy atom. The standard InChI is InChI=1S/C8H8BrClN2S/c1-4-2-5(9)7(6(10)3-4)12-8(11)13/h2-3H,1H3,(H3,11,12,13). The Bertz CT molecular complexity index is 331. The first-order chi connectivity index (χ1) is 6.00.